The van der Waals surface area contributed by atoms with Gasteiger partial charge in [0.05, 0.1) is 11.3 Å². The Balaban J connectivity index is 1.71. The number of benzene rings is 1. The maximum Gasteiger partial charge on any atom is 0.308 e. The highest BCUT2D eigenvalue weighted by Crippen LogP contribution is 2.37. The van der Waals surface area contributed by atoms with Crippen LogP contribution in [0.1, 0.15) is 79.2 Å². The lowest BCUT2D eigenvalue weighted by Gasteiger charge is -2.25. The van der Waals surface area contributed by atoms with E-state index >= 15 is 0 Å². The molecule has 1 aromatic carbocycles. The number of esters is 1. The highest BCUT2D eigenvalue weighted by molar-refractivity contribution is 7.12. The van der Waals surface area contributed by atoms with Gasteiger partial charge in [-0.15, -0.1) is 11.3 Å². The fraction of sp³-hybridized carbons (Fsp3) is 0.480. The molecule has 0 radical (unpaired) electrons. The summed E-state index contributed by atoms with van der Waals surface area (Å²) < 4.78 is 5.40. The first-order valence-corrected chi connectivity index (χ1v) is 11.8. The van der Waals surface area contributed by atoms with Crippen molar-refractivity contribution >= 4 is 29.0 Å². The number of phenolic OH excluding ortho intramolecular Hbond substituents is 1. The molecule has 1 aliphatic carbocycles. The first-order valence-electron chi connectivity index (χ1n) is 10.9. The molecule has 1 amide bonds. The molecule has 0 aliphatic heterocycles. The lowest BCUT2D eigenvalue weighted by molar-refractivity contribution is -0.155. The van der Waals surface area contributed by atoms with E-state index in [4.69, 9.17) is 4.74 Å². The number of hydrogen-bond donors (Lipinski definition) is 1. The molecule has 1 unspecified atom stereocenters. The van der Waals surface area contributed by atoms with Gasteiger partial charge in [0.2, 0.25) is 5.91 Å². The first-order chi connectivity index (χ1) is 15.0. The van der Waals surface area contributed by atoms with E-state index in [0.29, 0.717) is 17.8 Å². The standard InChI is InChI=1S/C25H31NO5S/c1-16(27)22-11-17(15-32-22)14-26(10-9-24(30)31-25(2,3)4)23(29)13-19-6-5-18-12-20(28)7-8-21(18)19/h7-8,11-12,15,19,28H,5-6,9-10,13-14H2,1-4H3. The Hall–Kier alpha value is -2.67. The van der Waals surface area contributed by atoms with Crippen molar-refractivity contribution in [2.45, 2.75) is 71.4 Å². The van der Waals surface area contributed by atoms with Gasteiger partial charge in [0.15, 0.2) is 5.78 Å². The maximum absolute atomic E-state index is 13.3. The molecule has 0 spiro atoms. The van der Waals surface area contributed by atoms with Crippen LogP contribution in [0.5, 0.6) is 5.75 Å². The molecule has 6 nitrogen and oxygen atoms in total. The van der Waals surface area contributed by atoms with Crippen molar-refractivity contribution in [3.8, 4) is 5.75 Å². The van der Waals surface area contributed by atoms with Gasteiger partial charge in [0.1, 0.15) is 11.4 Å². The number of nitrogens with zero attached hydrogens (tertiary/aromatic N) is 1. The summed E-state index contributed by atoms with van der Waals surface area (Å²) in [6.07, 6.45) is 2.15. The quantitative estimate of drug-likeness (QED) is 0.453. The monoisotopic (exact) mass is 457 g/mol. The van der Waals surface area contributed by atoms with Gasteiger partial charge in [0.25, 0.3) is 0 Å². The molecule has 2 aromatic rings. The maximum atomic E-state index is 13.3. The Morgan fingerprint density at radius 2 is 1.97 bits per heavy atom. The smallest absolute Gasteiger partial charge is 0.308 e. The van der Waals surface area contributed by atoms with Crippen LogP contribution < -0.4 is 0 Å². The van der Waals surface area contributed by atoms with Crippen LogP contribution in [0.3, 0.4) is 0 Å². The molecule has 0 fully saturated rings. The molecule has 1 N–H and O–H groups in total. The van der Waals surface area contributed by atoms with E-state index in [9.17, 15) is 19.5 Å². The average Bonchev–Trinajstić information content (AvgIpc) is 3.30. The molecular weight excluding hydrogens is 426 g/mol. The zero-order valence-corrected chi connectivity index (χ0v) is 20.0. The second-order valence-electron chi connectivity index (χ2n) is 9.35. The SMILES string of the molecule is CC(=O)c1cc(CN(CCC(=O)OC(C)(C)C)C(=O)CC2CCc3cc(O)ccc32)cs1. The van der Waals surface area contributed by atoms with Crippen molar-refractivity contribution in [3.63, 3.8) is 0 Å². The average molecular weight is 458 g/mol. The number of carbonyl (C=O) groups excluding carboxylic acids is 3. The van der Waals surface area contributed by atoms with E-state index in [1.165, 1.54) is 18.3 Å². The summed E-state index contributed by atoms with van der Waals surface area (Å²) in [5.41, 5.74) is 2.51. The van der Waals surface area contributed by atoms with Gasteiger partial charge in [0, 0.05) is 19.5 Å². The van der Waals surface area contributed by atoms with Gasteiger partial charge in [-0.1, -0.05) is 6.07 Å². The molecule has 0 bridgehead atoms. The Morgan fingerprint density at radius 1 is 1.22 bits per heavy atom. The zero-order valence-electron chi connectivity index (χ0n) is 19.1. The number of phenols is 1. The normalized spacial score (nSPS) is 15.3. The minimum Gasteiger partial charge on any atom is -0.508 e. The predicted octanol–water partition coefficient (Wildman–Crippen LogP) is 4.84. The van der Waals surface area contributed by atoms with Crippen molar-refractivity contribution in [1.82, 2.24) is 4.90 Å². The van der Waals surface area contributed by atoms with Crippen LogP contribution in [0.15, 0.2) is 29.6 Å². The van der Waals surface area contributed by atoms with E-state index < -0.39 is 5.60 Å². The van der Waals surface area contributed by atoms with Gasteiger partial charge in [-0.2, -0.15) is 0 Å². The van der Waals surface area contributed by atoms with Gasteiger partial charge >= 0.3 is 5.97 Å². The third kappa shape index (κ3) is 6.42. The van der Waals surface area contributed by atoms with Crippen LogP contribution in [-0.4, -0.2) is 39.8 Å². The van der Waals surface area contributed by atoms with E-state index in [0.717, 1.165) is 29.5 Å². The number of carbonyl (C=O) groups is 3. The van der Waals surface area contributed by atoms with E-state index in [1.54, 1.807) is 17.0 Å². The fourth-order valence-corrected chi connectivity index (χ4v) is 4.82. The van der Waals surface area contributed by atoms with Gasteiger partial charge in [-0.3, -0.25) is 14.4 Å². The van der Waals surface area contributed by atoms with Crippen LogP contribution >= 0.6 is 11.3 Å². The minimum absolute atomic E-state index is 0.00121. The molecule has 3 rings (SSSR count). The summed E-state index contributed by atoms with van der Waals surface area (Å²) in [5.74, 6) is -0.0358. The Bertz CT molecular complexity index is 1000. The number of hydrogen-bond acceptors (Lipinski definition) is 6. The van der Waals surface area contributed by atoms with Crippen LogP contribution in [0.25, 0.3) is 0 Å². The highest BCUT2D eigenvalue weighted by atomic mass is 32.1. The van der Waals surface area contributed by atoms with E-state index in [2.05, 4.69) is 0 Å². The molecule has 1 atom stereocenters. The molecule has 1 aliphatic rings. The van der Waals surface area contributed by atoms with Gasteiger partial charge < -0.3 is 14.7 Å². The Morgan fingerprint density at radius 3 is 2.62 bits per heavy atom. The number of aromatic hydroxyl groups is 1. The summed E-state index contributed by atoms with van der Waals surface area (Å²) in [5, 5.41) is 11.6. The number of ketones is 1. The molecule has 32 heavy (non-hydrogen) atoms. The number of Topliss-reactive ketones (excluding diaryl/α,β-unsaturated/α-hetero) is 1. The Labute approximate surface area is 193 Å². The number of ether oxygens (including phenoxy) is 1. The minimum atomic E-state index is -0.575. The summed E-state index contributed by atoms with van der Waals surface area (Å²) in [4.78, 5) is 39.5. The topological polar surface area (TPSA) is 83.9 Å². The molecule has 7 heteroatoms. The molecule has 172 valence electrons. The summed E-state index contributed by atoms with van der Waals surface area (Å²) >= 11 is 1.37. The highest BCUT2D eigenvalue weighted by Gasteiger charge is 2.28. The van der Waals surface area contributed by atoms with Crippen molar-refractivity contribution in [1.29, 1.82) is 0 Å². The molecule has 1 heterocycles. The van der Waals surface area contributed by atoms with Crippen LogP contribution in [0.2, 0.25) is 0 Å². The zero-order chi connectivity index (χ0) is 23.5. The summed E-state index contributed by atoms with van der Waals surface area (Å²) in [6, 6.07) is 7.15. The van der Waals surface area contributed by atoms with Crippen LogP contribution in [0.4, 0.5) is 0 Å². The lowest BCUT2D eigenvalue weighted by atomic mass is 9.97. The van der Waals surface area contributed by atoms with Crippen molar-refractivity contribution in [2.24, 2.45) is 0 Å². The number of fused-ring (bicyclic) bond motifs is 1. The van der Waals surface area contributed by atoms with E-state index in [1.807, 2.05) is 38.3 Å². The van der Waals surface area contributed by atoms with Gasteiger partial charge in [-0.25, -0.2) is 0 Å². The number of aryl methyl sites for hydroxylation is 1. The van der Waals surface area contributed by atoms with Crippen LogP contribution in [0, 0.1) is 0 Å². The first kappa shape index (κ1) is 24.0. The third-order valence-electron chi connectivity index (χ3n) is 5.48. The number of thiophene rings is 1. The molecule has 1 aromatic heterocycles. The Kier molecular flexibility index (Phi) is 7.39. The second kappa shape index (κ2) is 9.86. The lowest BCUT2D eigenvalue weighted by Crippen LogP contribution is -2.34. The summed E-state index contributed by atoms with van der Waals surface area (Å²) in [7, 11) is 0. The number of amides is 1. The van der Waals surface area contributed by atoms with Crippen LogP contribution in [-0.2, 0) is 27.3 Å². The second-order valence-corrected chi connectivity index (χ2v) is 10.3. The van der Waals surface area contributed by atoms with Crippen molar-refractivity contribution < 1.29 is 24.2 Å². The fourth-order valence-electron chi connectivity index (χ4n) is 4.02. The van der Waals surface area contributed by atoms with Crippen molar-refractivity contribution in [2.75, 3.05) is 6.54 Å². The predicted molar refractivity (Wildman–Crippen MR) is 124 cm³/mol. The van der Waals surface area contributed by atoms with Gasteiger partial charge in [-0.05, 0) is 86.7 Å². The van der Waals surface area contributed by atoms with Crippen molar-refractivity contribution in [3.05, 3.63) is 51.2 Å². The number of rotatable bonds is 8. The summed E-state index contributed by atoms with van der Waals surface area (Å²) in [6.45, 7) is 7.58. The molecule has 0 saturated carbocycles. The third-order valence-corrected chi connectivity index (χ3v) is 6.56. The molecular formula is C25H31NO5S. The largest absolute Gasteiger partial charge is 0.508 e. The van der Waals surface area contributed by atoms with E-state index in [-0.39, 0.29) is 42.3 Å². The molecule has 0 saturated heterocycles.